The number of hydrogen-bond acceptors (Lipinski definition) is 51. The van der Waals surface area contributed by atoms with E-state index in [9.17, 15) is 163 Å². The van der Waals surface area contributed by atoms with Crippen LogP contribution in [-0.4, -0.2) is 537 Å². The molecule has 1 unspecified atom stereocenters. The van der Waals surface area contributed by atoms with E-state index < -0.39 is 379 Å². The second-order valence-electron chi connectivity index (χ2n) is 28.8. The fourth-order valence-corrected chi connectivity index (χ4v) is 14.5. The Kier molecular flexibility index (Phi) is 33.4. The maximum atomic E-state index is 12.5. The summed E-state index contributed by atoms with van der Waals surface area (Å²) >= 11 is 0. The summed E-state index contributed by atoms with van der Waals surface area (Å²) in [5.41, 5.74) is 0. The molecule has 10 aliphatic heterocycles. The quantitative estimate of drug-likeness (QED) is 0.0331. The molecule has 10 heterocycles. The van der Waals surface area contributed by atoms with Crippen molar-refractivity contribution in [2.24, 2.45) is 0 Å². The van der Waals surface area contributed by atoms with Crippen LogP contribution in [0.4, 0.5) is 0 Å². The molecule has 0 aromatic heterocycles. The summed E-state index contributed by atoms with van der Waals surface area (Å²) in [6, 6.07) is -1.80. The zero-order valence-corrected chi connectivity index (χ0v) is 60.0. The van der Waals surface area contributed by atoms with Crippen molar-refractivity contribution >= 4 is 5.91 Å². The molecule has 50 atom stereocenters. The van der Waals surface area contributed by atoms with Gasteiger partial charge in [-0.2, -0.15) is 0 Å². The van der Waals surface area contributed by atoms with Gasteiger partial charge in [0.15, 0.2) is 62.9 Å². The van der Waals surface area contributed by atoms with E-state index in [0.29, 0.717) is 0 Å². The molecule has 0 saturated carbocycles. The van der Waals surface area contributed by atoms with E-state index in [0.717, 1.165) is 6.92 Å². The van der Waals surface area contributed by atoms with Gasteiger partial charge < -0.3 is 254 Å². The molecule has 0 aromatic carbocycles. The average Bonchev–Trinajstić information content (AvgIpc) is 0.775. The minimum atomic E-state index is -2.56. The van der Waals surface area contributed by atoms with E-state index in [-0.39, 0.29) is 0 Å². The van der Waals surface area contributed by atoms with Crippen LogP contribution in [0.2, 0.25) is 0 Å². The first-order valence-electron chi connectivity index (χ1n) is 36.2. The standard InChI is InChI=1S/C62H105NO51/c1-12(71)63-23-33(81)47(19(8-70)99-53(23)95)109-59-46(94)49(111-61-52(39(87)29(77)17(6-68)104-61)114-62-51(38(86)28(76)18(7-69)105-62)113-58-44(92)37(85)27(75)16(5-67)103-58)32(80)22(107-59)10-97-55-45(93)48(110-56-42(90)35(83)25(73)14(3-65)101-56)31(79)21(106-55)11-98-60-50(112-57-43(91)36(84)26(74)15(4-66)102-57)40(88)30(78)20(108-60)9-96-54-41(89)34(82)24(72)13(2-64)100-54/h13-62,64-70,72-95H,2-11H2,1H3,(H,63,71)/t13-,14-,15-,16-,17-,18-,19-,20-,21-,22-,23-,24-,25-,26-,27-,28-,29-,30-,31-,32-,33-,34+,35+,36+,37+,38+,39+,40+,41+,42+,43+,44+,45+,46+,47-,48+,49+,50+,51+,52+,53?,54+,55+,56-,57-,58-,59+,60+,61-,62-/m1/s1. The third kappa shape index (κ3) is 19.9. The molecule has 1 amide bonds. The molecule has 0 radical (unpaired) electrons. The van der Waals surface area contributed by atoms with E-state index in [1.54, 1.807) is 0 Å². The molecule has 10 aliphatic rings. The van der Waals surface area contributed by atoms with Gasteiger partial charge in [-0.3, -0.25) is 4.79 Å². The highest BCUT2D eigenvalue weighted by atomic mass is 16.8. The van der Waals surface area contributed by atoms with Gasteiger partial charge in [0.25, 0.3) is 0 Å². The van der Waals surface area contributed by atoms with Crippen molar-refractivity contribution in [2.45, 2.75) is 314 Å². The Morgan fingerprint density at radius 2 is 0.465 bits per heavy atom. The number of aliphatic hydroxyl groups excluding tert-OH is 31. The number of carbonyl (C=O) groups is 1. The Bertz CT molecular complexity index is 2910. The van der Waals surface area contributed by atoms with Crippen molar-refractivity contribution in [1.29, 1.82) is 0 Å². The molecular weight excluding hydrogens is 1570 g/mol. The molecule has 10 fully saturated rings. The summed E-state index contributed by atoms with van der Waals surface area (Å²) in [6.07, 6.45) is -105. The van der Waals surface area contributed by atoms with Crippen molar-refractivity contribution in [3.05, 3.63) is 0 Å². The summed E-state index contributed by atoms with van der Waals surface area (Å²) in [7, 11) is 0. The molecule has 0 aromatic rings. The zero-order valence-electron chi connectivity index (χ0n) is 60.0. The van der Waals surface area contributed by atoms with Crippen molar-refractivity contribution in [3.63, 3.8) is 0 Å². The van der Waals surface area contributed by atoms with Gasteiger partial charge in [0.2, 0.25) is 5.91 Å². The number of hydrogen-bond donors (Lipinski definition) is 32. The fraction of sp³-hybridized carbons (Fsp3) is 0.984. The van der Waals surface area contributed by atoms with Crippen molar-refractivity contribution in [1.82, 2.24) is 5.32 Å². The van der Waals surface area contributed by atoms with Crippen LogP contribution in [0.25, 0.3) is 0 Å². The second kappa shape index (κ2) is 40.6. The van der Waals surface area contributed by atoms with E-state index >= 15 is 0 Å². The average molecular weight is 1680 g/mol. The van der Waals surface area contributed by atoms with Crippen LogP contribution in [-0.2, 0) is 94.8 Å². The molecule has 32 N–H and O–H groups in total. The van der Waals surface area contributed by atoms with Crippen LogP contribution in [0.3, 0.4) is 0 Å². The van der Waals surface area contributed by atoms with Crippen LogP contribution >= 0.6 is 0 Å². The number of rotatable bonds is 29. The highest BCUT2D eigenvalue weighted by Gasteiger charge is 2.61. The first kappa shape index (κ1) is 93.7. The van der Waals surface area contributed by atoms with Gasteiger partial charge in [0.05, 0.1) is 66.1 Å². The third-order valence-corrected chi connectivity index (χ3v) is 21.2. The van der Waals surface area contributed by atoms with Gasteiger partial charge >= 0.3 is 0 Å². The summed E-state index contributed by atoms with van der Waals surface area (Å²) in [5, 5.41) is 343. The summed E-state index contributed by atoms with van der Waals surface area (Å²) < 4.78 is 110. The maximum Gasteiger partial charge on any atom is 0.217 e. The molecule has 52 heteroatoms. The van der Waals surface area contributed by atoms with Gasteiger partial charge in [-0.1, -0.05) is 0 Å². The molecule has 10 rings (SSSR count). The highest BCUT2D eigenvalue weighted by Crippen LogP contribution is 2.40. The minimum absolute atomic E-state index is 0.876. The number of amides is 1. The van der Waals surface area contributed by atoms with Crippen LogP contribution < -0.4 is 5.32 Å². The minimum Gasteiger partial charge on any atom is -0.394 e. The lowest BCUT2D eigenvalue weighted by atomic mass is 9.94. The van der Waals surface area contributed by atoms with E-state index in [1.807, 2.05) is 0 Å². The van der Waals surface area contributed by atoms with Gasteiger partial charge in [-0.05, 0) is 0 Å². The number of nitrogens with one attached hydrogen (secondary N) is 1. The van der Waals surface area contributed by atoms with Crippen LogP contribution in [0.1, 0.15) is 6.92 Å². The largest absolute Gasteiger partial charge is 0.394 e. The Labute approximate surface area is 642 Å². The smallest absolute Gasteiger partial charge is 0.217 e. The molecular formula is C62H105NO51. The van der Waals surface area contributed by atoms with Crippen molar-refractivity contribution in [2.75, 3.05) is 66.1 Å². The van der Waals surface area contributed by atoms with Gasteiger partial charge in [0.1, 0.15) is 244 Å². The first-order valence-corrected chi connectivity index (χ1v) is 36.2. The monoisotopic (exact) mass is 1680 g/mol. The number of ether oxygens (including phenoxy) is 19. The molecule has 0 spiro atoms. The van der Waals surface area contributed by atoms with Crippen LogP contribution in [0, 0.1) is 0 Å². The second-order valence-corrected chi connectivity index (χ2v) is 28.8. The summed E-state index contributed by atoms with van der Waals surface area (Å²) in [6.45, 7) is -9.99. The van der Waals surface area contributed by atoms with E-state index in [2.05, 4.69) is 5.32 Å². The van der Waals surface area contributed by atoms with Crippen LogP contribution in [0.5, 0.6) is 0 Å². The highest BCUT2D eigenvalue weighted by molar-refractivity contribution is 5.73. The fourth-order valence-electron chi connectivity index (χ4n) is 14.5. The lowest BCUT2D eigenvalue weighted by Gasteiger charge is -2.50. The van der Waals surface area contributed by atoms with Gasteiger partial charge in [-0.15, -0.1) is 0 Å². The molecule has 0 aliphatic carbocycles. The Balaban J connectivity index is 0.975. The Morgan fingerprint density at radius 3 is 0.842 bits per heavy atom. The molecule has 0 bridgehead atoms. The van der Waals surface area contributed by atoms with E-state index in [1.165, 1.54) is 0 Å². The normalized spacial score (nSPS) is 52.6. The third-order valence-electron chi connectivity index (χ3n) is 21.2. The number of carbonyl (C=O) groups excluding carboxylic acids is 1. The SMILES string of the molecule is CC(=O)N[C@H]1C(O)O[C@H](CO)[C@@H](O[C@@H]2O[C@H](CO[C@H]3O[C@H](CO[C@H]4O[C@H](CO[C@H]5O[C@H](CO)[C@@H](O)[C@H](O)[C@@H]5O)[C@@H](O)[C@H](O)[C@@H]4O[C@H]4O[C@H](CO)[C@@H](O)[C@H](O)[C@@H]4O)[C@@H](O)[C@H](O[C@H]4O[C@H](CO)[C@@H](O)[C@H](O)[C@@H]4O)[C@@H]3O)[C@@H](O)[C@H](O[C@H]3O[C@H](CO)[C@@H](O)[C@H](O)[C@@H]3O[C@H]3O[C@H](CO)[C@@H](O)[C@H](O)[C@@H]3O[C@H]3O[C@H](CO)[C@@H](O)[C@H](O)[C@@H]3O)[C@@H]2O)[C@@H]1O. The molecule has 114 heavy (non-hydrogen) atoms. The zero-order chi connectivity index (χ0) is 83.7. The van der Waals surface area contributed by atoms with E-state index in [4.69, 9.17) is 90.0 Å². The predicted molar refractivity (Wildman–Crippen MR) is 341 cm³/mol. The Morgan fingerprint density at radius 1 is 0.228 bits per heavy atom. The van der Waals surface area contributed by atoms with Crippen molar-refractivity contribution < 1.29 is 253 Å². The first-order chi connectivity index (χ1) is 54.0. The predicted octanol–water partition coefficient (Wildman–Crippen LogP) is -22.7. The topological polar surface area (TPSA) is 832 Å². The number of aliphatic hydroxyl groups is 31. The maximum absolute atomic E-state index is 12.5. The van der Waals surface area contributed by atoms with Gasteiger partial charge in [-0.25, -0.2) is 0 Å². The molecule has 52 nitrogen and oxygen atoms in total. The van der Waals surface area contributed by atoms with Gasteiger partial charge in [0, 0.05) is 6.92 Å². The van der Waals surface area contributed by atoms with Crippen molar-refractivity contribution in [3.8, 4) is 0 Å². The lowest BCUT2D eigenvalue weighted by molar-refractivity contribution is -0.407. The summed E-state index contributed by atoms with van der Waals surface area (Å²) in [4.78, 5) is 12.3. The van der Waals surface area contributed by atoms with Crippen LogP contribution in [0.15, 0.2) is 0 Å². The summed E-state index contributed by atoms with van der Waals surface area (Å²) in [5.74, 6) is -0.876. The molecule has 664 valence electrons. The Hall–Kier alpha value is -2.53. The lowest BCUT2D eigenvalue weighted by Crippen LogP contribution is -2.69. The molecule has 10 saturated heterocycles.